The zero-order valence-corrected chi connectivity index (χ0v) is 9.28. The first-order valence-corrected chi connectivity index (χ1v) is 6.73. The molecule has 0 amide bonds. The Kier molecular flexibility index (Phi) is 1.94. The highest BCUT2D eigenvalue weighted by molar-refractivity contribution is 7.94. The number of hydrogen-bond donors (Lipinski definition) is 0. The van der Waals surface area contributed by atoms with Crippen LogP contribution < -0.4 is 4.74 Å². The van der Waals surface area contributed by atoms with Crippen molar-refractivity contribution < 1.29 is 13.2 Å². The van der Waals surface area contributed by atoms with Gasteiger partial charge in [0.1, 0.15) is 5.75 Å². The van der Waals surface area contributed by atoms with E-state index in [4.69, 9.17) is 4.74 Å². The average Bonchev–Trinajstić information content (AvgIpc) is 2.27. The van der Waals surface area contributed by atoms with E-state index in [9.17, 15) is 8.42 Å². The summed E-state index contributed by atoms with van der Waals surface area (Å²) < 4.78 is 28.3. The highest BCUT2D eigenvalue weighted by atomic mass is 32.2. The molecule has 2 heterocycles. The van der Waals surface area contributed by atoms with Crippen LogP contribution in [0, 0.1) is 0 Å². The molecule has 0 N–H and O–H groups in total. The van der Waals surface area contributed by atoms with Crippen molar-refractivity contribution in [2.45, 2.75) is 5.92 Å². The minimum Gasteiger partial charge on any atom is -0.465 e. The molecule has 0 fully saturated rings. The lowest BCUT2D eigenvalue weighted by molar-refractivity contribution is 0.450. The second kappa shape index (κ2) is 3.22. The van der Waals surface area contributed by atoms with Gasteiger partial charge in [0.2, 0.25) is 0 Å². The van der Waals surface area contributed by atoms with Crippen LogP contribution in [0.5, 0.6) is 5.75 Å². The Balaban J connectivity index is 2.14. The molecule has 1 atom stereocenters. The third-order valence-corrected chi connectivity index (χ3v) is 4.14. The van der Waals surface area contributed by atoms with Crippen LogP contribution in [0.3, 0.4) is 0 Å². The van der Waals surface area contributed by atoms with Crippen LogP contribution in [-0.2, 0) is 9.84 Å². The van der Waals surface area contributed by atoms with Crippen molar-refractivity contribution >= 4 is 9.84 Å². The molecule has 0 aliphatic carbocycles. The molecule has 3 nitrogen and oxygen atoms in total. The first-order chi connectivity index (χ1) is 7.66. The van der Waals surface area contributed by atoms with Gasteiger partial charge in [-0.3, -0.25) is 0 Å². The Hall–Kier alpha value is -1.55. The SMILES string of the molecule is O=S1(=O)C=CC2C(=COc3ccccc32)C1. The van der Waals surface area contributed by atoms with Crippen LogP contribution in [0.25, 0.3) is 0 Å². The van der Waals surface area contributed by atoms with Gasteiger partial charge in [-0.2, -0.15) is 0 Å². The fraction of sp³-hybridized carbons (Fsp3) is 0.167. The van der Waals surface area contributed by atoms with Crippen molar-refractivity contribution in [3.05, 3.63) is 53.1 Å². The predicted molar refractivity (Wildman–Crippen MR) is 60.8 cm³/mol. The predicted octanol–water partition coefficient (Wildman–Crippen LogP) is 1.99. The van der Waals surface area contributed by atoms with Crippen molar-refractivity contribution in [1.82, 2.24) is 0 Å². The molecule has 0 aromatic heterocycles. The van der Waals surface area contributed by atoms with Gasteiger partial charge in [-0.05, 0) is 11.6 Å². The maximum Gasteiger partial charge on any atom is 0.175 e. The molecule has 0 spiro atoms. The Morgan fingerprint density at radius 1 is 1.25 bits per heavy atom. The smallest absolute Gasteiger partial charge is 0.175 e. The van der Waals surface area contributed by atoms with Gasteiger partial charge < -0.3 is 4.74 Å². The largest absolute Gasteiger partial charge is 0.465 e. The molecule has 2 aliphatic rings. The molecular weight excluding hydrogens is 224 g/mol. The minimum absolute atomic E-state index is 0.0495. The number of hydrogen-bond acceptors (Lipinski definition) is 3. The van der Waals surface area contributed by atoms with E-state index in [-0.39, 0.29) is 11.7 Å². The molecular formula is C12H10O3S. The summed E-state index contributed by atoms with van der Waals surface area (Å²) in [4.78, 5) is 0. The monoisotopic (exact) mass is 234 g/mol. The normalized spacial score (nSPS) is 25.0. The highest BCUT2D eigenvalue weighted by Gasteiger charge is 2.29. The van der Waals surface area contributed by atoms with Crippen molar-refractivity contribution in [2.24, 2.45) is 0 Å². The Labute approximate surface area is 94.0 Å². The fourth-order valence-electron chi connectivity index (χ4n) is 2.09. The number of para-hydroxylation sites is 1. The Morgan fingerprint density at radius 3 is 2.94 bits per heavy atom. The summed E-state index contributed by atoms with van der Waals surface area (Å²) in [6, 6.07) is 7.69. The summed E-state index contributed by atoms with van der Waals surface area (Å²) in [7, 11) is -3.08. The molecule has 0 bridgehead atoms. The van der Waals surface area contributed by atoms with Crippen LogP contribution in [0.15, 0.2) is 47.6 Å². The summed E-state index contributed by atoms with van der Waals surface area (Å²) in [5.74, 6) is 0.913. The van der Waals surface area contributed by atoms with Crippen LogP contribution in [0.2, 0.25) is 0 Å². The maximum atomic E-state index is 11.4. The lowest BCUT2D eigenvalue weighted by atomic mass is 9.90. The second-order valence-electron chi connectivity index (χ2n) is 3.96. The molecule has 16 heavy (non-hydrogen) atoms. The summed E-state index contributed by atoms with van der Waals surface area (Å²) in [6.07, 6.45) is 3.29. The van der Waals surface area contributed by atoms with E-state index in [0.29, 0.717) is 0 Å². The first kappa shape index (κ1) is 9.66. The number of fused-ring (bicyclic) bond motifs is 3. The van der Waals surface area contributed by atoms with Crippen LogP contribution >= 0.6 is 0 Å². The number of sulfone groups is 1. The van der Waals surface area contributed by atoms with Crippen molar-refractivity contribution in [1.29, 1.82) is 0 Å². The second-order valence-corrected chi connectivity index (χ2v) is 5.85. The summed E-state index contributed by atoms with van der Waals surface area (Å²) in [6.45, 7) is 0. The maximum absolute atomic E-state index is 11.4. The number of ether oxygens (including phenoxy) is 1. The van der Waals surface area contributed by atoms with E-state index in [1.165, 1.54) is 5.41 Å². The van der Waals surface area contributed by atoms with E-state index in [1.807, 2.05) is 24.3 Å². The zero-order chi connectivity index (χ0) is 11.2. The molecule has 2 aliphatic heterocycles. The minimum atomic E-state index is -3.08. The summed E-state index contributed by atoms with van der Waals surface area (Å²) in [5, 5.41) is 1.30. The topological polar surface area (TPSA) is 43.4 Å². The van der Waals surface area contributed by atoms with E-state index >= 15 is 0 Å². The molecule has 3 rings (SSSR count). The zero-order valence-electron chi connectivity index (χ0n) is 8.46. The van der Waals surface area contributed by atoms with E-state index in [2.05, 4.69) is 0 Å². The number of benzene rings is 1. The molecule has 1 aromatic carbocycles. The molecule has 82 valence electrons. The van der Waals surface area contributed by atoms with Crippen molar-refractivity contribution in [3.63, 3.8) is 0 Å². The van der Waals surface area contributed by atoms with Crippen molar-refractivity contribution in [3.8, 4) is 5.75 Å². The van der Waals surface area contributed by atoms with Gasteiger partial charge in [0.05, 0.1) is 12.0 Å². The standard InChI is InChI=1S/C12H10O3S/c13-16(14)6-5-10-9(8-16)7-15-12-4-2-1-3-11(10)12/h1-7,10H,8H2. The van der Waals surface area contributed by atoms with E-state index < -0.39 is 9.84 Å². The highest BCUT2D eigenvalue weighted by Crippen LogP contribution is 2.39. The third kappa shape index (κ3) is 1.46. The number of allylic oxidation sites excluding steroid dienone is 1. The van der Waals surface area contributed by atoms with Crippen molar-refractivity contribution in [2.75, 3.05) is 5.75 Å². The summed E-state index contributed by atoms with van der Waals surface area (Å²) in [5.41, 5.74) is 1.84. The molecule has 4 heteroatoms. The van der Waals surface area contributed by atoms with Crippen LogP contribution in [0.1, 0.15) is 11.5 Å². The van der Waals surface area contributed by atoms with E-state index in [0.717, 1.165) is 16.9 Å². The lowest BCUT2D eigenvalue weighted by Crippen LogP contribution is -2.19. The Bertz CT molecular complexity index is 596. The van der Waals surface area contributed by atoms with Crippen LogP contribution in [-0.4, -0.2) is 14.2 Å². The van der Waals surface area contributed by atoms with Gasteiger partial charge >= 0.3 is 0 Å². The average molecular weight is 234 g/mol. The van der Waals surface area contributed by atoms with Gasteiger partial charge in [0.15, 0.2) is 9.84 Å². The van der Waals surface area contributed by atoms with Crippen LogP contribution in [0.4, 0.5) is 0 Å². The lowest BCUT2D eigenvalue weighted by Gasteiger charge is -2.26. The number of rotatable bonds is 0. The quantitative estimate of drug-likeness (QED) is 0.689. The van der Waals surface area contributed by atoms with Gasteiger partial charge in [-0.1, -0.05) is 24.3 Å². The molecule has 1 aromatic rings. The van der Waals surface area contributed by atoms with Gasteiger partial charge in [0, 0.05) is 16.9 Å². The third-order valence-electron chi connectivity index (χ3n) is 2.84. The van der Waals surface area contributed by atoms with E-state index in [1.54, 1.807) is 12.3 Å². The summed E-state index contributed by atoms with van der Waals surface area (Å²) >= 11 is 0. The Morgan fingerprint density at radius 2 is 2.06 bits per heavy atom. The first-order valence-electron chi connectivity index (χ1n) is 5.01. The molecule has 0 saturated carbocycles. The van der Waals surface area contributed by atoms with Gasteiger partial charge in [-0.25, -0.2) is 8.42 Å². The van der Waals surface area contributed by atoms with Gasteiger partial charge in [0.25, 0.3) is 0 Å². The molecule has 0 radical (unpaired) electrons. The molecule has 1 unspecified atom stereocenters. The van der Waals surface area contributed by atoms with Gasteiger partial charge in [-0.15, -0.1) is 0 Å². The fourth-order valence-corrected chi connectivity index (χ4v) is 3.29. The molecule has 0 saturated heterocycles.